The van der Waals surface area contributed by atoms with Crippen molar-refractivity contribution in [2.75, 3.05) is 6.61 Å². The van der Waals surface area contributed by atoms with Crippen molar-refractivity contribution in [3.63, 3.8) is 0 Å². The molecular formula is C53H62N8O8. The highest BCUT2D eigenvalue weighted by atomic mass is 16.6. The van der Waals surface area contributed by atoms with Crippen LogP contribution in [0.5, 0.6) is 0 Å². The number of pyridine rings is 2. The molecule has 0 radical (unpaired) electrons. The summed E-state index contributed by atoms with van der Waals surface area (Å²) in [5.74, 6) is 1.01. The Bertz CT molecular complexity index is 2720. The Morgan fingerprint density at radius 1 is 0.667 bits per heavy atom. The summed E-state index contributed by atoms with van der Waals surface area (Å²) in [5.41, 5.74) is 9.78. The summed E-state index contributed by atoms with van der Waals surface area (Å²) in [6.07, 6.45) is 3.72. The van der Waals surface area contributed by atoms with Gasteiger partial charge in [0.05, 0.1) is 55.3 Å². The Kier molecular flexibility index (Phi) is 15.8. The van der Waals surface area contributed by atoms with Gasteiger partial charge in [-0.1, -0.05) is 80.6 Å². The molecule has 0 aliphatic carbocycles. The second kappa shape index (κ2) is 22.1. The zero-order valence-electron chi connectivity index (χ0n) is 39.7. The SMILES string of the molecule is CCC1O[C@H]([C@H](C)c2ccc(-n3cc(-c4cccnc4)nn3)cc2C)C(OCc2ccccc2)[C@@H](C)[C@@H]1C.Cc1cc(-n2cc(-c3cccnc3)nn2)ccc1[C@@H](O)[C@H]1OC(CO)[C@@H](O)[C@H](O)C1O. The fourth-order valence-electron chi connectivity index (χ4n) is 9.49. The average Bonchev–Trinajstić information content (AvgIpc) is 4.09. The lowest BCUT2D eigenvalue weighted by molar-refractivity contribution is -0.250. The number of benzene rings is 3. The van der Waals surface area contributed by atoms with Gasteiger partial charge in [-0.15, -0.1) is 10.2 Å². The summed E-state index contributed by atoms with van der Waals surface area (Å²) in [6.45, 7) is 13.1. The molecule has 7 aromatic rings. The standard InChI is InChI=1S/C32H38N4O2.C21H24N4O6/c1-6-30-22(3)23(4)31(37-20-25-11-8-7-9-12-25)32(38-30)24(5)28-15-14-27(17-21(28)2)36-19-29(34-35-36)26-13-10-16-33-18-26;1-11-7-13(25-9-15(23-24-25)12-3-2-6-22-8-12)4-5-14(11)17(27)21-20(30)19(29)18(28)16(10-26)31-21/h7-19,22-24,30-32H,6,20H2,1-5H3;2-9,16-21,26-30H,10H2,1H3/t22-,23-,24+,30?,31?,32+;16?,17-,18-,19+,20?,21-/m01/s1. The molecule has 2 fully saturated rings. The summed E-state index contributed by atoms with van der Waals surface area (Å²) < 4.78 is 22.3. The van der Waals surface area contributed by atoms with Gasteiger partial charge < -0.3 is 39.7 Å². The molecular weight excluding hydrogens is 877 g/mol. The molecule has 16 heteroatoms. The van der Waals surface area contributed by atoms with E-state index in [9.17, 15) is 25.5 Å². The molecule has 4 aromatic heterocycles. The van der Waals surface area contributed by atoms with Gasteiger partial charge in [0.1, 0.15) is 48.0 Å². The molecule has 4 unspecified atom stereocenters. The summed E-state index contributed by atoms with van der Waals surface area (Å²) in [4.78, 5) is 8.27. The number of ether oxygens (including phenoxy) is 3. The van der Waals surface area contributed by atoms with E-state index < -0.39 is 43.2 Å². The van der Waals surface area contributed by atoms with Crippen LogP contribution in [0.4, 0.5) is 0 Å². The molecule has 9 rings (SSSR count). The van der Waals surface area contributed by atoms with Crippen LogP contribution in [0.25, 0.3) is 33.9 Å². The van der Waals surface area contributed by atoms with Crippen LogP contribution in [-0.4, -0.2) is 121 Å². The van der Waals surface area contributed by atoms with Crippen molar-refractivity contribution >= 4 is 0 Å². The summed E-state index contributed by atoms with van der Waals surface area (Å²) in [6, 6.07) is 29.7. The largest absolute Gasteiger partial charge is 0.394 e. The first-order valence-electron chi connectivity index (χ1n) is 23.5. The zero-order chi connectivity index (χ0) is 48.8. The first-order valence-corrected chi connectivity index (χ1v) is 23.5. The van der Waals surface area contributed by atoms with Crippen LogP contribution in [0.2, 0.25) is 0 Å². The van der Waals surface area contributed by atoms with Crippen LogP contribution >= 0.6 is 0 Å². The maximum atomic E-state index is 10.8. The van der Waals surface area contributed by atoms with E-state index in [1.807, 2.05) is 41.2 Å². The minimum atomic E-state index is -1.55. The third-order valence-electron chi connectivity index (χ3n) is 13.8. The van der Waals surface area contributed by atoms with Crippen molar-refractivity contribution in [2.24, 2.45) is 11.8 Å². The molecule has 6 heterocycles. The second-order valence-electron chi connectivity index (χ2n) is 18.2. The quantitative estimate of drug-likeness (QED) is 0.0860. The number of aryl methyl sites for hydroxylation is 2. The maximum absolute atomic E-state index is 10.8. The van der Waals surface area contributed by atoms with Crippen LogP contribution in [0, 0.1) is 25.7 Å². The van der Waals surface area contributed by atoms with Crippen molar-refractivity contribution < 1.29 is 39.7 Å². The number of aliphatic hydroxyl groups is 5. The number of aliphatic hydroxyl groups excluding tert-OH is 5. The number of nitrogens with zero attached hydrogens (tertiary/aromatic N) is 8. The van der Waals surface area contributed by atoms with Crippen LogP contribution in [0.15, 0.2) is 128 Å². The Hall–Kier alpha value is -6.08. The van der Waals surface area contributed by atoms with E-state index in [2.05, 4.69) is 108 Å². The number of rotatable bonds is 13. The first-order chi connectivity index (χ1) is 33.4. The zero-order valence-corrected chi connectivity index (χ0v) is 39.7. The second-order valence-corrected chi connectivity index (χ2v) is 18.2. The van der Waals surface area contributed by atoms with Gasteiger partial charge in [0.15, 0.2) is 0 Å². The highest BCUT2D eigenvalue weighted by Gasteiger charge is 2.47. The molecule has 2 aliphatic rings. The predicted octanol–water partition coefficient (Wildman–Crippen LogP) is 6.29. The van der Waals surface area contributed by atoms with E-state index >= 15 is 0 Å². The van der Waals surface area contributed by atoms with Crippen molar-refractivity contribution in [3.05, 3.63) is 156 Å². The Balaban J connectivity index is 0.000000190. The maximum Gasteiger partial charge on any atom is 0.117 e. The molecule has 5 N–H and O–H groups in total. The lowest BCUT2D eigenvalue weighted by atomic mass is 9.76. The van der Waals surface area contributed by atoms with Gasteiger partial charge >= 0.3 is 0 Å². The smallest absolute Gasteiger partial charge is 0.117 e. The molecule has 0 saturated carbocycles. The number of hydrogen-bond donors (Lipinski definition) is 5. The Morgan fingerprint density at radius 3 is 1.75 bits per heavy atom. The molecule has 0 bridgehead atoms. The van der Waals surface area contributed by atoms with E-state index in [0.29, 0.717) is 41.0 Å². The fraction of sp³-hybridized carbons (Fsp3) is 0.396. The molecule has 3 aromatic carbocycles. The summed E-state index contributed by atoms with van der Waals surface area (Å²) >= 11 is 0. The highest BCUT2D eigenvalue weighted by molar-refractivity contribution is 5.58. The molecule has 16 nitrogen and oxygen atoms in total. The van der Waals surface area contributed by atoms with E-state index in [0.717, 1.165) is 28.9 Å². The van der Waals surface area contributed by atoms with Gasteiger partial charge in [-0.25, -0.2) is 9.36 Å². The van der Waals surface area contributed by atoms with Crippen molar-refractivity contribution in [2.45, 2.75) is 115 Å². The molecule has 0 amide bonds. The molecule has 0 spiro atoms. The molecule has 362 valence electrons. The molecule has 2 saturated heterocycles. The van der Waals surface area contributed by atoms with Gasteiger partial charge in [-0.2, -0.15) is 0 Å². The van der Waals surface area contributed by atoms with E-state index in [1.54, 1.807) is 60.8 Å². The molecule has 2 aliphatic heterocycles. The average molecular weight is 939 g/mol. The Morgan fingerprint density at radius 2 is 1.23 bits per heavy atom. The van der Waals surface area contributed by atoms with Crippen LogP contribution in [0.1, 0.15) is 74.0 Å². The van der Waals surface area contributed by atoms with Crippen molar-refractivity contribution in [1.29, 1.82) is 0 Å². The van der Waals surface area contributed by atoms with E-state index in [1.165, 1.54) is 16.7 Å². The fourth-order valence-corrected chi connectivity index (χ4v) is 9.49. The summed E-state index contributed by atoms with van der Waals surface area (Å²) in [5, 5.41) is 67.4. The van der Waals surface area contributed by atoms with Crippen LogP contribution in [0.3, 0.4) is 0 Å². The minimum absolute atomic E-state index is 0.0134. The minimum Gasteiger partial charge on any atom is -0.394 e. The monoisotopic (exact) mass is 938 g/mol. The third kappa shape index (κ3) is 10.9. The normalized spacial score (nSPS) is 25.6. The van der Waals surface area contributed by atoms with Crippen molar-refractivity contribution in [3.8, 4) is 33.9 Å². The first kappa shape index (κ1) is 49.3. The van der Waals surface area contributed by atoms with Gasteiger partial charge in [0.25, 0.3) is 0 Å². The molecule has 12 atom stereocenters. The lowest BCUT2D eigenvalue weighted by Crippen LogP contribution is -2.59. The van der Waals surface area contributed by atoms with Gasteiger partial charge in [0.2, 0.25) is 0 Å². The number of hydrogen-bond acceptors (Lipinski definition) is 14. The number of aromatic nitrogens is 8. The molecule has 69 heavy (non-hydrogen) atoms. The van der Waals surface area contributed by atoms with E-state index in [-0.39, 0.29) is 24.2 Å². The summed E-state index contributed by atoms with van der Waals surface area (Å²) in [7, 11) is 0. The Labute approximate surface area is 402 Å². The van der Waals surface area contributed by atoms with Crippen LogP contribution < -0.4 is 0 Å². The van der Waals surface area contributed by atoms with Gasteiger partial charge in [-0.3, -0.25) is 9.97 Å². The van der Waals surface area contributed by atoms with Crippen LogP contribution in [-0.2, 0) is 20.8 Å². The van der Waals surface area contributed by atoms with E-state index in [4.69, 9.17) is 14.2 Å². The predicted molar refractivity (Wildman–Crippen MR) is 258 cm³/mol. The topological polar surface area (TPSA) is 216 Å². The third-order valence-corrected chi connectivity index (χ3v) is 13.8. The van der Waals surface area contributed by atoms with Gasteiger partial charge in [0, 0.05) is 41.8 Å². The van der Waals surface area contributed by atoms with Crippen molar-refractivity contribution in [1.82, 2.24) is 40.0 Å². The lowest BCUT2D eigenvalue weighted by Gasteiger charge is -2.47. The van der Waals surface area contributed by atoms with Gasteiger partial charge in [-0.05, 0) is 108 Å². The highest BCUT2D eigenvalue weighted by Crippen LogP contribution is 2.41.